The molecule has 0 radical (unpaired) electrons. The number of urea groups is 1. The molecular formula is C20H20F2N4O2. The Balaban J connectivity index is 1.42. The number of nitrogens with one attached hydrogen (secondary N) is 3. The van der Waals surface area contributed by atoms with Gasteiger partial charge in [0.15, 0.2) is 0 Å². The first-order chi connectivity index (χ1) is 13.3. The molecule has 8 heteroatoms. The van der Waals surface area contributed by atoms with Gasteiger partial charge >= 0.3 is 6.03 Å². The lowest BCUT2D eigenvalue weighted by Crippen LogP contribution is -2.63. The van der Waals surface area contributed by atoms with Gasteiger partial charge in [-0.15, -0.1) is 0 Å². The highest BCUT2D eigenvalue weighted by atomic mass is 19.1. The number of benzene rings is 2. The van der Waals surface area contributed by atoms with E-state index in [1.165, 1.54) is 6.07 Å². The summed E-state index contributed by atoms with van der Waals surface area (Å²) in [5.74, 6) is -1.66. The highest BCUT2D eigenvalue weighted by Gasteiger charge is 2.41. The molecule has 2 heterocycles. The van der Waals surface area contributed by atoms with Crippen molar-refractivity contribution in [2.24, 2.45) is 0 Å². The van der Waals surface area contributed by atoms with Gasteiger partial charge < -0.3 is 20.9 Å². The third-order valence-corrected chi connectivity index (χ3v) is 5.22. The lowest BCUT2D eigenvalue weighted by atomic mass is 9.92. The molecule has 28 heavy (non-hydrogen) atoms. The number of hydrogen-bond acceptors (Lipinski definition) is 3. The molecule has 3 amide bonds. The summed E-state index contributed by atoms with van der Waals surface area (Å²) in [5, 5.41) is 8.90. The predicted molar refractivity (Wildman–Crippen MR) is 101 cm³/mol. The molecule has 4 rings (SSSR count). The lowest BCUT2D eigenvalue weighted by Gasteiger charge is -2.45. The Morgan fingerprint density at radius 3 is 2.57 bits per heavy atom. The summed E-state index contributed by atoms with van der Waals surface area (Å²) in [5.41, 5.74) is 1.71. The van der Waals surface area contributed by atoms with E-state index >= 15 is 0 Å². The number of piperidine rings is 1. The van der Waals surface area contributed by atoms with Gasteiger partial charge in [0.2, 0.25) is 0 Å². The van der Waals surface area contributed by atoms with Crippen molar-refractivity contribution < 1.29 is 18.4 Å². The van der Waals surface area contributed by atoms with Crippen LogP contribution in [0.25, 0.3) is 0 Å². The maximum Gasteiger partial charge on any atom is 0.321 e. The molecule has 2 aromatic carbocycles. The van der Waals surface area contributed by atoms with Crippen LogP contribution in [-0.4, -0.2) is 35.6 Å². The van der Waals surface area contributed by atoms with Crippen LogP contribution >= 0.6 is 0 Å². The van der Waals surface area contributed by atoms with E-state index in [0.717, 1.165) is 23.4 Å². The fraction of sp³-hybridized carbons (Fsp3) is 0.300. The summed E-state index contributed by atoms with van der Waals surface area (Å²) in [6, 6.07) is 8.21. The molecule has 2 aliphatic heterocycles. The van der Waals surface area contributed by atoms with Crippen LogP contribution < -0.4 is 16.0 Å². The molecule has 0 aliphatic carbocycles. The van der Waals surface area contributed by atoms with Crippen LogP contribution in [0.3, 0.4) is 0 Å². The molecular weight excluding hydrogens is 366 g/mol. The monoisotopic (exact) mass is 386 g/mol. The number of halogens is 2. The van der Waals surface area contributed by atoms with Crippen molar-refractivity contribution in [1.82, 2.24) is 10.2 Å². The quantitative estimate of drug-likeness (QED) is 0.703. The second kappa shape index (κ2) is 6.78. The fourth-order valence-corrected chi connectivity index (χ4v) is 3.66. The molecule has 6 nitrogen and oxygen atoms in total. The molecule has 2 aliphatic rings. The fourth-order valence-electron chi connectivity index (χ4n) is 3.66. The number of likely N-dealkylation sites (tertiary alicyclic amines) is 1. The number of nitrogens with zero attached hydrogens (tertiary/aromatic N) is 1. The summed E-state index contributed by atoms with van der Waals surface area (Å²) in [6.07, 6.45) is 1.01. The molecule has 0 atom stereocenters. The van der Waals surface area contributed by atoms with Crippen LogP contribution in [0.1, 0.15) is 28.8 Å². The molecule has 1 spiro atoms. The van der Waals surface area contributed by atoms with E-state index in [9.17, 15) is 18.4 Å². The second-order valence-electron chi connectivity index (χ2n) is 7.25. The summed E-state index contributed by atoms with van der Waals surface area (Å²) in [6.45, 7) is 2.69. The molecule has 3 N–H and O–H groups in total. The normalized spacial score (nSPS) is 17.5. The number of aryl methyl sites for hydroxylation is 1. The lowest BCUT2D eigenvalue weighted by molar-refractivity contribution is 0.0852. The average Bonchev–Trinajstić information content (AvgIpc) is 2.65. The number of carbonyl (C=O) groups excluding carboxylic acids is 2. The van der Waals surface area contributed by atoms with Crippen molar-refractivity contribution >= 4 is 23.3 Å². The van der Waals surface area contributed by atoms with Crippen LogP contribution in [0.2, 0.25) is 0 Å². The van der Waals surface area contributed by atoms with E-state index < -0.39 is 23.3 Å². The smallest absolute Gasteiger partial charge is 0.321 e. The zero-order chi connectivity index (χ0) is 19.9. The van der Waals surface area contributed by atoms with Crippen LogP contribution in [0.4, 0.5) is 25.0 Å². The Labute approximate surface area is 160 Å². The van der Waals surface area contributed by atoms with Crippen LogP contribution in [0.15, 0.2) is 36.4 Å². The van der Waals surface area contributed by atoms with E-state index in [0.29, 0.717) is 31.5 Å². The number of amides is 3. The van der Waals surface area contributed by atoms with Crippen molar-refractivity contribution in [1.29, 1.82) is 0 Å². The van der Waals surface area contributed by atoms with Gasteiger partial charge in [0.25, 0.3) is 5.91 Å². The summed E-state index contributed by atoms with van der Waals surface area (Å²) < 4.78 is 26.7. The van der Waals surface area contributed by atoms with Gasteiger partial charge in [-0.3, -0.25) is 4.79 Å². The standard InChI is InChI=1S/C20H20F2N4O2/c1-12-2-4-16-14(10-12)18(27)25-20(24-16)6-8-26(9-7-20)19(28)23-17-5-3-13(21)11-15(17)22/h2-5,10-11,24H,6-9H2,1H3,(H,23,28)(H,25,27). The van der Waals surface area contributed by atoms with Crippen LogP contribution in [-0.2, 0) is 0 Å². The first-order valence-corrected chi connectivity index (χ1v) is 9.08. The molecule has 0 saturated carbocycles. The minimum Gasteiger partial charge on any atom is -0.362 e. The van der Waals surface area contributed by atoms with Gasteiger partial charge in [0.1, 0.15) is 17.3 Å². The van der Waals surface area contributed by atoms with E-state index in [-0.39, 0.29) is 11.6 Å². The molecule has 2 aromatic rings. The van der Waals surface area contributed by atoms with Crippen molar-refractivity contribution in [3.63, 3.8) is 0 Å². The minimum absolute atomic E-state index is 0.0694. The average molecular weight is 386 g/mol. The first-order valence-electron chi connectivity index (χ1n) is 9.08. The molecule has 1 saturated heterocycles. The number of fused-ring (bicyclic) bond motifs is 1. The van der Waals surface area contributed by atoms with E-state index in [4.69, 9.17) is 0 Å². The Kier molecular flexibility index (Phi) is 4.41. The van der Waals surface area contributed by atoms with Gasteiger partial charge in [0, 0.05) is 37.7 Å². The second-order valence-corrected chi connectivity index (χ2v) is 7.25. The van der Waals surface area contributed by atoms with Crippen molar-refractivity contribution in [3.8, 4) is 0 Å². The number of rotatable bonds is 1. The Morgan fingerprint density at radius 1 is 1.11 bits per heavy atom. The zero-order valence-corrected chi connectivity index (χ0v) is 15.3. The van der Waals surface area contributed by atoms with Gasteiger partial charge in [-0.2, -0.15) is 0 Å². The van der Waals surface area contributed by atoms with Gasteiger partial charge in [-0.25, -0.2) is 13.6 Å². The number of anilines is 2. The van der Waals surface area contributed by atoms with Crippen molar-refractivity contribution in [2.75, 3.05) is 23.7 Å². The predicted octanol–water partition coefficient (Wildman–Crippen LogP) is 3.45. The van der Waals surface area contributed by atoms with E-state index in [1.54, 1.807) is 4.90 Å². The third kappa shape index (κ3) is 3.37. The zero-order valence-electron chi connectivity index (χ0n) is 15.3. The summed E-state index contributed by atoms with van der Waals surface area (Å²) in [4.78, 5) is 26.5. The van der Waals surface area contributed by atoms with Gasteiger partial charge in [0.05, 0.1) is 11.3 Å². The Morgan fingerprint density at radius 2 is 1.86 bits per heavy atom. The van der Waals surface area contributed by atoms with Crippen molar-refractivity contribution in [2.45, 2.75) is 25.4 Å². The van der Waals surface area contributed by atoms with Gasteiger partial charge in [-0.1, -0.05) is 11.6 Å². The Bertz CT molecular complexity index is 955. The highest BCUT2D eigenvalue weighted by molar-refractivity contribution is 6.02. The van der Waals surface area contributed by atoms with E-state index in [1.807, 2.05) is 25.1 Å². The topological polar surface area (TPSA) is 73.5 Å². The van der Waals surface area contributed by atoms with Gasteiger partial charge in [-0.05, 0) is 31.2 Å². The molecule has 0 aromatic heterocycles. The number of carbonyl (C=O) groups is 2. The number of hydrogen-bond donors (Lipinski definition) is 3. The van der Waals surface area contributed by atoms with Crippen LogP contribution in [0, 0.1) is 18.6 Å². The summed E-state index contributed by atoms with van der Waals surface area (Å²) in [7, 11) is 0. The van der Waals surface area contributed by atoms with Crippen molar-refractivity contribution in [3.05, 3.63) is 59.2 Å². The van der Waals surface area contributed by atoms with E-state index in [2.05, 4.69) is 16.0 Å². The highest BCUT2D eigenvalue weighted by Crippen LogP contribution is 2.32. The minimum atomic E-state index is -0.824. The summed E-state index contributed by atoms with van der Waals surface area (Å²) >= 11 is 0. The molecule has 0 unspecified atom stereocenters. The maximum atomic E-state index is 13.7. The SMILES string of the molecule is Cc1ccc2c(c1)C(=O)NC1(CCN(C(=O)Nc3ccc(F)cc3F)CC1)N2. The maximum absolute atomic E-state index is 13.7. The molecule has 0 bridgehead atoms. The molecule has 146 valence electrons. The third-order valence-electron chi connectivity index (χ3n) is 5.22. The first kappa shape index (κ1) is 18.2. The Hall–Kier alpha value is -3.16. The van der Waals surface area contributed by atoms with Crippen LogP contribution in [0.5, 0.6) is 0 Å². The molecule has 1 fully saturated rings. The largest absolute Gasteiger partial charge is 0.362 e.